The molecule has 0 aliphatic heterocycles. The molecule has 1 aromatic heterocycles. The lowest BCUT2D eigenvalue weighted by Gasteiger charge is -2.08. The quantitative estimate of drug-likeness (QED) is 0.751. The highest BCUT2D eigenvalue weighted by molar-refractivity contribution is 7.09. The van der Waals surface area contributed by atoms with Gasteiger partial charge in [0, 0.05) is 16.6 Å². The Balaban J connectivity index is 1.79. The molecule has 0 bridgehead atoms. The van der Waals surface area contributed by atoms with Crippen molar-refractivity contribution in [3.05, 3.63) is 70.0 Å². The van der Waals surface area contributed by atoms with Crippen molar-refractivity contribution < 1.29 is 14.7 Å². The first-order valence-electron chi connectivity index (χ1n) is 7.21. The third-order valence-electron chi connectivity index (χ3n) is 3.46. The summed E-state index contributed by atoms with van der Waals surface area (Å²) in [6.07, 6.45) is 0. The van der Waals surface area contributed by atoms with Gasteiger partial charge in [0.05, 0.1) is 21.8 Å². The van der Waals surface area contributed by atoms with Gasteiger partial charge in [-0.25, -0.2) is 9.78 Å². The lowest BCUT2D eigenvalue weighted by molar-refractivity contribution is 0.0692. The second kappa shape index (κ2) is 6.64. The summed E-state index contributed by atoms with van der Waals surface area (Å²) in [4.78, 5) is 27.9. The number of nitrogens with one attached hydrogen (secondary N) is 1. The van der Waals surface area contributed by atoms with E-state index >= 15 is 0 Å². The molecule has 0 atom stereocenters. The number of carboxylic acid groups (broad SMARTS) is 1. The number of carboxylic acids is 1. The number of hydrogen-bond donors (Lipinski definition) is 2. The van der Waals surface area contributed by atoms with Gasteiger partial charge < -0.3 is 10.4 Å². The van der Waals surface area contributed by atoms with Gasteiger partial charge in [-0.3, -0.25) is 4.79 Å². The molecular weight excluding hydrogens is 324 g/mol. The summed E-state index contributed by atoms with van der Waals surface area (Å²) in [5.41, 5.74) is 2.56. The number of nitrogens with zero attached hydrogens (tertiary/aromatic N) is 1. The molecule has 3 aromatic rings. The van der Waals surface area contributed by atoms with E-state index in [0.717, 1.165) is 16.3 Å². The van der Waals surface area contributed by atoms with Gasteiger partial charge in [-0.05, 0) is 31.2 Å². The number of aromatic carboxylic acids is 1. The molecule has 0 aliphatic rings. The Labute approximate surface area is 142 Å². The van der Waals surface area contributed by atoms with Gasteiger partial charge >= 0.3 is 5.97 Å². The van der Waals surface area contributed by atoms with Gasteiger partial charge in [0.25, 0.3) is 5.91 Å². The van der Waals surface area contributed by atoms with Crippen LogP contribution in [0.3, 0.4) is 0 Å². The summed E-state index contributed by atoms with van der Waals surface area (Å²) in [5, 5.41) is 14.8. The number of hydrogen-bond acceptors (Lipinski definition) is 4. The smallest absolute Gasteiger partial charge is 0.336 e. The van der Waals surface area contributed by atoms with Crippen molar-refractivity contribution in [1.82, 2.24) is 4.98 Å². The Morgan fingerprint density at radius 1 is 1.04 bits per heavy atom. The number of aryl methyl sites for hydroxylation is 1. The fourth-order valence-corrected chi connectivity index (χ4v) is 2.91. The van der Waals surface area contributed by atoms with Gasteiger partial charge in [-0.1, -0.05) is 24.3 Å². The molecule has 5 nitrogen and oxygen atoms in total. The van der Waals surface area contributed by atoms with Crippen LogP contribution in [0.15, 0.2) is 53.9 Å². The average Bonchev–Trinajstić information content (AvgIpc) is 3.02. The van der Waals surface area contributed by atoms with E-state index < -0.39 is 11.9 Å². The molecule has 0 saturated heterocycles. The van der Waals surface area contributed by atoms with Crippen LogP contribution in [0.4, 0.5) is 5.69 Å². The van der Waals surface area contributed by atoms with Crippen molar-refractivity contribution in [1.29, 1.82) is 0 Å². The maximum absolute atomic E-state index is 12.3. The van der Waals surface area contributed by atoms with E-state index in [0.29, 0.717) is 5.69 Å². The topological polar surface area (TPSA) is 79.3 Å². The highest BCUT2D eigenvalue weighted by Crippen LogP contribution is 2.23. The highest BCUT2D eigenvalue weighted by atomic mass is 32.1. The lowest BCUT2D eigenvalue weighted by Crippen LogP contribution is -2.16. The summed E-state index contributed by atoms with van der Waals surface area (Å²) in [5.74, 6) is -1.58. The van der Waals surface area contributed by atoms with Gasteiger partial charge in [-0.2, -0.15) is 0 Å². The molecular formula is C18H14N2O3S. The first-order valence-corrected chi connectivity index (χ1v) is 8.09. The second-order valence-electron chi connectivity index (χ2n) is 5.13. The van der Waals surface area contributed by atoms with Crippen LogP contribution < -0.4 is 5.32 Å². The van der Waals surface area contributed by atoms with Crippen LogP contribution in [-0.4, -0.2) is 22.0 Å². The maximum Gasteiger partial charge on any atom is 0.336 e. The summed E-state index contributed by atoms with van der Waals surface area (Å²) in [7, 11) is 0. The fourth-order valence-electron chi connectivity index (χ4n) is 2.29. The molecule has 6 heteroatoms. The largest absolute Gasteiger partial charge is 0.478 e. The molecule has 3 rings (SSSR count). The number of anilines is 1. The lowest BCUT2D eigenvalue weighted by atomic mass is 10.1. The van der Waals surface area contributed by atoms with Crippen molar-refractivity contribution in [2.24, 2.45) is 0 Å². The Bertz CT molecular complexity index is 901. The SMILES string of the molecule is Cc1nc(-c2ccc(NC(=O)c3ccccc3C(=O)O)cc2)cs1. The predicted octanol–water partition coefficient (Wildman–Crippen LogP) is 4.07. The van der Waals surface area contributed by atoms with Crippen LogP contribution in [0.2, 0.25) is 0 Å². The molecule has 120 valence electrons. The maximum atomic E-state index is 12.3. The molecule has 0 spiro atoms. The van der Waals surface area contributed by atoms with Crippen LogP contribution in [0.5, 0.6) is 0 Å². The number of amides is 1. The molecule has 0 radical (unpaired) electrons. The van der Waals surface area contributed by atoms with Crippen LogP contribution >= 0.6 is 11.3 Å². The zero-order chi connectivity index (χ0) is 17.1. The minimum absolute atomic E-state index is 0.0235. The predicted molar refractivity (Wildman–Crippen MR) is 93.6 cm³/mol. The monoisotopic (exact) mass is 338 g/mol. The Kier molecular flexibility index (Phi) is 4.39. The van der Waals surface area contributed by atoms with E-state index in [-0.39, 0.29) is 11.1 Å². The average molecular weight is 338 g/mol. The number of benzene rings is 2. The first kappa shape index (κ1) is 15.9. The minimum Gasteiger partial charge on any atom is -0.478 e. The van der Waals surface area contributed by atoms with Crippen LogP contribution in [-0.2, 0) is 0 Å². The Hall–Kier alpha value is -2.99. The standard InChI is InChI=1S/C18H14N2O3S/c1-11-19-16(10-24-11)12-6-8-13(9-7-12)20-17(21)14-4-2-3-5-15(14)18(22)23/h2-10H,1H3,(H,20,21)(H,22,23). The number of rotatable bonds is 4. The van der Waals surface area contributed by atoms with Gasteiger partial charge in [0.1, 0.15) is 0 Å². The molecule has 2 aromatic carbocycles. The van der Waals surface area contributed by atoms with Crippen molar-refractivity contribution in [3.63, 3.8) is 0 Å². The third-order valence-corrected chi connectivity index (χ3v) is 4.23. The van der Waals surface area contributed by atoms with E-state index in [1.54, 1.807) is 35.6 Å². The van der Waals surface area contributed by atoms with Crippen molar-refractivity contribution in [2.75, 3.05) is 5.32 Å². The fraction of sp³-hybridized carbons (Fsp3) is 0.0556. The van der Waals surface area contributed by atoms with Crippen molar-refractivity contribution in [3.8, 4) is 11.3 Å². The summed E-state index contributed by atoms with van der Waals surface area (Å²) in [6.45, 7) is 1.95. The van der Waals surface area contributed by atoms with E-state index in [1.165, 1.54) is 12.1 Å². The second-order valence-corrected chi connectivity index (χ2v) is 6.20. The molecule has 0 aliphatic carbocycles. The Morgan fingerprint density at radius 2 is 1.71 bits per heavy atom. The molecule has 0 unspecified atom stereocenters. The molecule has 2 N–H and O–H groups in total. The third kappa shape index (κ3) is 3.33. The molecule has 24 heavy (non-hydrogen) atoms. The highest BCUT2D eigenvalue weighted by Gasteiger charge is 2.15. The van der Waals surface area contributed by atoms with Gasteiger partial charge in [0.15, 0.2) is 0 Å². The number of carbonyl (C=O) groups is 2. The van der Waals surface area contributed by atoms with E-state index in [9.17, 15) is 9.59 Å². The van der Waals surface area contributed by atoms with Crippen LogP contribution in [0, 0.1) is 6.92 Å². The van der Waals surface area contributed by atoms with E-state index in [2.05, 4.69) is 10.3 Å². The zero-order valence-electron chi connectivity index (χ0n) is 12.8. The molecule has 0 fully saturated rings. The number of thiazole rings is 1. The van der Waals surface area contributed by atoms with Crippen LogP contribution in [0.25, 0.3) is 11.3 Å². The first-order chi connectivity index (χ1) is 11.5. The number of carbonyl (C=O) groups excluding carboxylic acids is 1. The summed E-state index contributed by atoms with van der Waals surface area (Å²) < 4.78 is 0. The van der Waals surface area contributed by atoms with Gasteiger partial charge in [0.2, 0.25) is 0 Å². The molecule has 1 heterocycles. The van der Waals surface area contributed by atoms with E-state index in [4.69, 9.17) is 5.11 Å². The zero-order valence-corrected chi connectivity index (χ0v) is 13.6. The molecule has 1 amide bonds. The van der Waals surface area contributed by atoms with Gasteiger partial charge in [-0.15, -0.1) is 11.3 Å². The van der Waals surface area contributed by atoms with E-state index in [1.807, 2.05) is 24.4 Å². The number of aromatic nitrogens is 1. The van der Waals surface area contributed by atoms with Crippen molar-refractivity contribution >= 4 is 28.9 Å². The summed E-state index contributed by atoms with van der Waals surface area (Å²) in [6, 6.07) is 13.4. The normalized spacial score (nSPS) is 10.4. The minimum atomic E-state index is -1.13. The van der Waals surface area contributed by atoms with Crippen LogP contribution in [0.1, 0.15) is 25.7 Å². The Morgan fingerprint density at radius 3 is 2.29 bits per heavy atom. The molecule has 0 saturated carbocycles. The van der Waals surface area contributed by atoms with Crippen molar-refractivity contribution in [2.45, 2.75) is 6.92 Å². The summed E-state index contributed by atoms with van der Waals surface area (Å²) >= 11 is 1.58.